The number of benzene rings is 2. The Morgan fingerprint density at radius 2 is 1.83 bits per heavy atom. The zero-order valence-corrected chi connectivity index (χ0v) is 18.2. The smallest absolute Gasteiger partial charge is 0.165 e. The molecule has 1 aliphatic heterocycles. The van der Waals surface area contributed by atoms with E-state index in [1.54, 1.807) is 0 Å². The van der Waals surface area contributed by atoms with Gasteiger partial charge >= 0.3 is 0 Å². The van der Waals surface area contributed by atoms with Crippen LogP contribution in [0.1, 0.15) is 18.4 Å². The molecule has 1 aliphatic rings. The van der Waals surface area contributed by atoms with Crippen molar-refractivity contribution in [3.63, 3.8) is 0 Å². The lowest BCUT2D eigenvalue weighted by atomic mass is 9.89. The predicted octanol–water partition coefficient (Wildman–Crippen LogP) is 5.03. The van der Waals surface area contributed by atoms with Gasteiger partial charge in [-0.2, -0.15) is 0 Å². The van der Waals surface area contributed by atoms with E-state index < -0.39 is 0 Å². The van der Waals surface area contributed by atoms with E-state index in [1.807, 2.05) is 12.1 Å². The number of nitrogens with zero attached hydrogens (tertiary/aromatic N) is 3. The van der Waals surface area contributed by atoms with Crippen LogP contribution in [-0.4, -0.2) is 28.0 Å². The van der Waals surface area contributed by atoms with Crippen LogP contribution in [-0.2, 0) is 0 Å². The zero-order chi connectivity index (χ0) is 20.7. The van der Waals surface area contributed by atoms with Gasteiger partial charge in [0.1, 0.15) is 12.1 Å². The SMILES string of the molecule is CC1CNCC1c1ccc(-c2cc(-c3cccc(Br)c3)c3c(N)ncnc3n2)cc1. The van der Waals surface area contributed by atoms with Crippen LogP contribution in [0.3, 0.4) is 0 Å². The van der Waals surface area contributed by atoms with Crippen LogP contribution in [0.15, 0.2) is 65.4 Å². The number of halogens is 1. The molecule has 2 aromatic heterocycles. The van der Waals surface area contributed by atoms with Crippen LogP contribution >= 0.6 is 15.9 Å². The minimum Gasteiger partial charge on any atom is -0.383 e. The van der Waals surface area contributed by atoms with Crippen LogP contribution in [0.2, 0.25) is 0 Å². The summed E-state index contributed by atoms with van der Waals surface area (Å²) in [5, 5.41) is 4.26. The van der Waals surface area contributed by atoms with E-state index in [1.165, 1.54) is 11.9 Å². The third kappa shape index (κ3) is 3.46. The number of hydrogen-bond acceptors (Lipinski definition) is 5. The molecule has 2 unspecified atom stereocenters. The van der Waals surface area contributed by atoms with Gasteiger partial charge in [0.25, 0.3) is 0 Å². The number of aromatic nitrogens is 3. The molecule has 0 amide bonds. The molecule has 0 saturated carbocycles. The average molecular weight is 460 g/mol. The fourth-order valence-electron chi connectivity index (χ4n) is 4.28. The summed E-state index contributed by atoms with van der Waals surface area (Å²) in [5.74, 6) is 1.65. The third-order valence-corrected chi connectivity index (χ3v) is 6.41. The van der Waals surface area contributed by atoms with Crippen molar-refractivity contribution in [1.82, 2.24) is 20.3 Å². The van der Waals surface area contributed by atoms with Gasteiger partial charge < -0.3 is 11.1 Å². The molecule has 5 rings (SSSR count). The summed E-state index contributed by atoms with van der Waals surface area (Å²) in [5.41, 5.74) is 12.2. The minimum absolute atomic E-state index is 0.437. The van der Waals surface area contributed by atoms with Crippen molar-refractivity contribution in [2.24, 2.45) is 5.92 Å². The van der Waals surface area contributed by atoms with Crippen molar-refractivity contribution in [3.8, 4) is 22.4 Å². The maximum atomic E-state index is 6.22. The molecule has 150 valence electrons. The molecule has 2 aromatic carbocycles. The molecule has 3 heterocycles. The van der Waals surface area contributed by atoms with Crippen LogP contribution in [0.5, 0.6) is 0 Å². The van der Waals surface area contributed by atoms with Gasteiger partial charge in [-0.25, -0.2) is 15.0 Å². The normalized spacial score (nSPS) is 18.7. The number of fused-ring (bicyclic) bond motifs is 1. The summed E-state index contributed by atoms with van der Waals surface area (Å²) >= 11 is 3.57. The topological polar surface area (TPSA) is 76.7 Å². The molecular formula is C24H22BrN5. The first-order valence-corrected chi connectivity index (χ1v) is 10.9. The molecule has 1 saturated heterocycles. The Balaban J connectivity index is 1.63. The fourth-order valence-corrected chi connectivity index (χ4v) is 4.68. The van der Waals surface area contributed by atoms with Gasteiger partial charge in [0.05, 0.1) is 11.1 Å². The van der Waals surface area contributed by atoms with E-state index in [9.17, 15) is 0 Å². The second-order valence-corrected chi connectivity index (χ2v) is 8.80. The number of hydrogen-bond donors (Lipinski definition) is 2. The second-order valence-electron chi connectivity index (χ2n) is 7.89. The third-order valence-electron chi connectivity index (χ3n) is 5.92. The molecule has 3 N–H and O–H groups in total. The lowest BCUT2D eigenvalue weighted by molar-refractivity contribution is 0.572. The van der Waals surface area contributed by atoms with Gasteiger partial charge in [-0.15, -0.1) is 0 Å². The highest BCUT2D eigenvalue weighted by atomic mass is 79.9. The number of anilines is 1. The quantitative estimate of drug-likeness (QED) is 0.449. The summed E-state index contributed by atoms with van der Waals surface area (Å²) in [6.07, 6.45) is 1.47. The van der Waals surface area contributed by atoms with E-state index >= 15 is 0 Å². The number of nitrogens with one attached hydrogen (secondary N) is 1. The molecule has 0 bridgehead atoms. The van der Waals surface area contributed by atoms with Crippen molar-refractivity contribution < 1.29 is 0 Å². The van der Waals surface area contributed by atoms with Crippen molar-refractivity contribution in [2.75, 3.05) is 18.8 Å². The number of nitrogens with two attached hydrogens (primary N) is 1. The first kappa shape index (κ1) is 19.2. The average Bonchev–Trinajstić information content (AvgIpc) is 3.19. The predicted molar refractivity (Wildman–Crippen MR) is 125 cm³/mol. The molecule has 30 heavy (non-hydrogen) atoms. The first-order chi connectivity index (χ1) is 14.6. The Kier molecular flexibility index (Phi) is 4.97. The van der Waals surface area contributed by atoms with Crippen LogP contribution < -0.4 is 11.1 Å². The van der Waals surface area contributed by atoms with Gasteiger partial charge in [-0.3, -0.25) is 0 Å². The van der Waals surface area contributed by atoms with E-state index in [4.69, 9.17) is 10.7 Å². The minimum atomic E-state index is 0.437. The molecule has 0 radical (unpaired) electrons. The Labute approximate surface area is 183 Å². The molecule has 6 heteroatoms. The van der Waals surface area contributed by atoms with Crippen LogP contribution in [0.25, 0.3) is 33.4 Å². The molecular weight excluding hydrogens is 438 g/mol. The lowest BCUT2D eigenvalue weighted by Gasteiger charge is -2.15. The lowest BCUT2D eigenvalue weighted by Crippen LogP contribution is -2.07. The van der Waals surface area contributed by atoms with Gasteiger partial charge in [0, 0.05) is 22.5 Å². The molecule has 2 atom stereocenters. The Bertz CT molecular complexity index is 1220. The summed E-state index contributed by atoms with van der Waals surface area (Å²) in [6, 6.07) is 19.0. The fraction of sp³-hybridized carbons (Fsp3) is 0.208. The van der Waals surface area contributed by atoms with E-state index in [0.29, 0.717) is 23.3 Å². The van der Waals surface area contributed by atoms with Crippen molar-refractivity contribution in [1.29, 1.82) is 0 Å². The standard InChI is InChI=1S/C24H22BrN5/c1-14-11-27-12-20(14)15-5-7-16(8-6-15)21-10-19(17-3-2-4-18(25)9-17)22-23(26)28-13-29-24(22)30-21/h2-10,13-14,20,27H,11-12H2,1H3,(H2,26,28,29,30). The Hall–Kier alpha value is -2.83. The second kappa shape index (κ2) is 7.78. The number of pyridine rings is 1. The molecule has 5 nitrogen and oxygen atoms in total. The van der Waals surface area contributed by atoms with Gasteiger partial charge in [0.15, 0.2) is 5.65 Å². The monoisotopic (exact) mass is 459 g/mol. The maximum Gasteiger partial charge on any atom is 0.165 e. The Morgan fingerprint density at radius 1 is 1.00 bits per heavy atom. The van der Waals surface area contributed by atoms with Gasteiger partial charge in [-0.1, -0.05) is 59.3 Å². The molecule has 1 fully saturated rings. The van der Waals surface area contributed by atoms with Crippen molar-refractivity contribution >= 4 is 32.8 Å². The van der Waals surface area contributed by atoms with Gasteiger partial charge in [-0.05, 0) is 47.4 Å². The van der Waals surface area contributed by atoms with E-state index in [2.05, 4.69) is 80.6 Å². The number of rotatable bonds is 3. The summed E-state index contributed by atoms with van der Waals surface area (Å²) in [6.45, 7) is 4.42. The highest BCUT2D eigenvalue weighted by Gasteiger charge is 2.24. The number of nitrogen functional groups attached to an aromatic ring is 1. The highest BCUT2D eigenvalue weighted by Crippen LogP contribution is 2.35. The molecule has 4 aromatic rings. The van der Waals surface area contributed by atoms with Crippen LogP contribution in [0, 0.1) is 5.92 Å². The Morgan fingerprint density at radius 3 is 2.57 bits per heavy atom. The van der Waals surface area contributed by atoms with Crippen LogP contribution in [0.4, 0.5) is 5.82 Å². The largest absolute Gasteiger partial charge is 0.383 e. The highest BCUT2D eigenvalue weighted by molar-refractivity contribution is 9.10. The summed E-state index contributed by atoms with van der Waals surface area (Å²) < 4.78 is 1.01. The zero-order valence-electron chi connectivity index (χ0n) is 16.6. The summed E-state index contributed by atoms with van der Waals surface area (Å²) in [7, 11) is 0. The summed E-state index contributed by atoms with van der Waals surface area (Å²) in [4.78, 5) is 13.4. The molecule has 0 spiro atoms. The van der Waals surface area contributed by atoms with E-state index in [0.717, 1.165) is 45.3 Å². The van der Waals surface area contributed by atoms with Gasteiger partial charge in [0.2, 0.25) is 0 Å². The first-order valence-electron chi connectivity index (χ1n) is 10.1. The van der Waals surface area contributed by atoms with Crippen molar-refractivity contribution in [2.45, 2.75) is 12.8 Å². The molecule has 0 aliphatic carbocycles. The van der Waals surface area contributed by atoms with Crippen molar-refractivity contribution in [3.05, 3.63) is 71.0 Å². The van der Waals surface area contributed by atoms with E-state index in [-0.39, 0.29) is 0 Å². The maximum absolute atomic E-state index is 6.22.